The second kappa shape index (κ2) is 7.18. The van der Waals surface area contributed by atoms with Crippen LogP contribution in [-0.2, 0) is 0 Å². The number of ketones is 1. The second-order valence-electron chi connectivity index (χ2n) is 6.04. The predicted octanol–water partition coefficient (Wildman–Crippen LogP) is 4.42. The Morgan fingerprint density at radius 3 is 2.82 bits per heavy atom. The van der Waals surface area contributed by atoms with Gasteiger partial charge in [0.2, 0.25) is 17.6 Å². The summed E-state index contributed by atoms with van der Waals surface area (Å²) in [7, 11) is 0. The molecule has 1 N–H and O–H groups in total. The smallest absolute Gasteiger partial charge is 0.230 e. The number of ether oxygens (including phenoxy) is 2. The van der Waals surface area contributed by atoms with E-state index in [1.54, 1.807) is 49.5 Å². The molecule has 4 rings (SSSR count). The van der Waals surface area contributed by atoms with Crippen molar-refractivity contribution in [2.75, 3.05) is 11.9 Å². The molecule has 8 heteroatoms. The Labute approximate surface area is 165 Å². The predicted molar refractivity (Wildman–Crippen MR) is 103 cm³/mol. The van der Waals surface area contributed by atoms with Gasteiger partial charge in [-0.15, -0.1) is 0 Å². The molecule has 0 saturated heterocycles. The van der Waals surface area contributed by atoms with E-state index in [1.807, 2.05) is 0 Å². The number of carbonyl (C=O) groups excluding carboxylic acids is 1. The Balaban J connectivity index is 1.59. The Hall–Kier alpha value is -3.63. The summed E-state index contributed by atoms with van der Waals surface area (Å²) in [6, 6.07) is 12.1. The van der Waals surface area contributed by atoms with E-state index < -0.39 is 0 Å². The number of anilines is 2. The summed E-state index contributed by atoms with van der Waals surface area (Å²) in [6.45, 7) is 1.78. The molecule has 3 aromatic rings. The van der Waals surface area contributed by atoms with Crippen LogP contribution in [0.5, 0.6) is 17.4 Å². The maximum atomic E-state index is 11.8. The highest BCUT2D eigenvalue weighted by molar-refractivity contribution is 6.33. The van der Waals surface area contributed by atoms with Crippen molar-refractivity contribution in [3.63, 3.8) is 0 Å². The highest BCUT2D eigenvalue weighted by Gasteiger charge is 2.27. The highest BCUT2D eigenvalue weighted by Crippen LogP contribution is 2.42. The van der Waals surface area contributed by atoms with Gasteiger partial charge in [-0.3, -0.25) is 4.79 Å². The van der Waals surface area contributed by atoms with Gasteiger partial charge in [-0.25, -0.2) is 4.98 Å². The SMILES string of the molecule is Cc1c(Oc2ccnc(Nc3ccc(C#N)cc3)n2)c(Cl)cc2c1OCC2=O. The molecule has 0 bridgehead atoms. The lowest BCUT2D eigenvalue weighted by Gasteiger charge is -2.13. The van der Waals surface area contributed by atoms with Crippen molar-refractivity contribution in [2.45, 2.75) is 6.92 Å². The standard InChI is InChI=1S/C20H13ClN4O3/c1-11-18-14(16(26)10-27-18)8-15(21)19(11)28-17-6-7-23-20(25-17)24-13-4-2-12(9-22)3-5-13/h2-8H,10H2,1H3,(H,23,24,25). The zero-order valence-corrected chi connectivity index (χ0v) is 15.4. The van der Waals surface area contributed by atoms with Crippen LogP contribution in [0, 0.1) is 18.3 Å². The van der Waals surface area contributed by atoms with Crippen LogP contribution < -0.4 is 14.8 Å². The minimum absolute atomic E-state index is 0.00211. The summed E-state index contributed by atoms with van der Waals surface area (Å²) in [5.74, 6) is 1.35. The first-order valence-electron chi connectivity index (χ1n) is 8.32. The average Bonchev–Trinajstić information content (AvgIpc) is 3.07. The van der Waals surface area contributed by atoms with E-state index in [0.29, 0.717) is 39.2 Å². The van der Waals surface area contributed by atoms with Crippen molar-refractivity contribution in [1.82, 2.24) is 9.97 Å². The van der Waals surface area contributed by atoms with E-state index in [2.05, 4.69) is 21.4 Å². The third kappa shape index (κ3) is 3.33. The molecule has 7 nitrogen and oxygen atoms in total. The van der Waals surface area contributed by atoms with Gasteiger partial charge in [-0.1, -0.05) is 11.6 Å². The minimum Gasteiger partial charge on any atom is -0.484 e. The van der Waals surface area contributed by atoms with Crippen molar-refractivity contribution >= 4 is 29.0 Å². The van der Waals surface area contributed by atoms with Crippen LogP contribution in [0.1, 0.15) is 21.5 Å². The third-order valence-electron chi connectivity index (χ3n) is 4.17. The first-order valence-corrected chi connectivity index (χ1v) is 8.70. The fourth-order valence-corrected chi connectivity index (χ4v) is 3.09. The summed E-state index contributed by atoms with van der Waals surface area (Å²) in [5.41, 5.74) is 2.38. The lowest BCUT2D eigenvalue weighted by molar-refractivity contribution is 0.0961. The summed E-state index contributed by atoms with van der Waals surface area (Å²) in [5, 5.41) is 12.2. The fraction of sp³-hybridized carbons (Fsp3) is 0.100. The number of nitrogens with one attached hydrogen (secondary N) is 1. The van der Waals surface area contributed by atoms with Crippen molar-refractivity contribution in [2.24, 2.45) is 0 Å². The fourth-order valence-electron chi connectivity index (χ4n) is 2.80. The molecular formula is C20H13ClN4O3. The van der Waals surface area contributed by atoms with Gasteiger partial charge >= 0.3 is 0 Å². The molecule has 0 saturated carbocycles. The Kier molecular flexibility index (Phi) is 4.55. The Bertz CT molecular complexity index is 1120. The molecule has 138 valence electrons. The summed E-state index contributed by atoms with van der Waals surface area (Å²) >= 11 is 6.31. The third-order valence-corrected chi connectivity index (χ3v) is 4.45. The normalized spacial score (nSPS) is 12.1. The van der Waals surface area contributed by atoms with E-state index in [1.165, 1.54) is 0 Å². The summed E-state index contributed by atoms with van der Waals surface area (Å²) in [6.07, 6.45) is 1.55. The van der Waals surface area contributed by atoms with Crippen LogP contribution >= 0.6 is 11.6 Å². The van der Waals surface area contributed by atoms with Crippen LogP contribution in [0.2, 0.25) is 5.02 Å². The van der Waals surface area contributed by atoms with Gasteiger partial charge in [0, 0.05) is 23.5 Å². The molecule has 1 aromatic heterocycles. The topological polar surface area (TPSA) is 97.1 Å². The van der Waals surface area contributed by atoms with E-state index in [0.717, 1.165) is 5.69 Å². The number of fused-ring (bicyclic) bond motifs is 1. The van der Waals surface area contributed by atoms with E-state index >= 15 is 0 Å². The van der Waals surface area contributed by atoms with Gasteiger partial charge in [-0.05, 0) is 37.3 Å². The molecule has 2 aromatic carbocycles. The molecule has 1 aliphatic rings. The Morgan fingerprint density at radius 2 is 2.07 bits per heavy atom. The van der Waals surface area contributed by atoms with Gasteiger partial charge in [0.05, 0.1) is 22.2 Å². The van der Waals surface area contributed by atoms with E-state index in [4.69, 9.17) is 26.3 Å². The van der Waals surface area contributed by atoms with Crippen molar-refractivity contribution in [1.29, 1.82) is 5.26 Å². The molecule has 0 radical (unpaired) electrons. The van der Waals surface area contributed by atoms with Gasteiger partial charge in [0.15, 0.2) is 12.4 Å². The summed E-state index contributed by atoms with van der Waals surface area (Å²) in [4.78, 5) is 20.3. The molecular weight excluding hydrogens is 380 g/mol. The molecule has 28 heavy (non-hydrogen) atoms. The minimum atomic E-state index is -0.109. The molecule has 1 aliphatic heterocycles. The molecule has 0 aliphatic carbocycles. The zero-order chi connectivity index (χ0) is 19.7. The molecule has 0 amide bonds. The first-order chi connectivity index (χ1) is 13.5. The zero-order valence-electron chi connectivity index (χ0n) is 14.7. The second-order valence-corrected chi connectivity index (χ2v) is 6.44. The van der Waals surface area contributed by atoms with E-state index in [-0.39, 0.29) is 18.3 Å². The van der Waals surface area contributed by atoms with Gasteiger partial charge in [0.25, 0.3) is 0 Å². The molecule has 2 heterocycles. The first kappa shape index (κ1) is 17.8. The van der Waals surface area contributed by atoms with Gasteiger partial charge in [-0.2, -0.15) is 10.2 Å². The molecule has 0 spiro atoms. The van der Waals surface area contributed by atoms with Crippen LogP contribution in [0.25, 0.3) is 0 Å². The maximum absolute atomic E-state index is 11.8. The number of aromatic nitrogens is 2. The van der Waals surface area contributed by atoms with Crippen LogP contribution in [0.4, 0.5) is 11.6 Å². The van der Waals surface area contributed by atoms with Crippen LogP contribution in [0.3, 0.4) is 0 Å². The largest absolute Gasteiger partial charge is 0.484 e. The monoisotopic (exact) mass is 392 g/mol. The van der Waals surface area contributed by atoms with E-state index in [9.17, 15) is 4.79 Å². The quantitative estimate of drug-likeness (QED) is 0.701. The van der Waals surface area contributed by atoms with Crippen LogP contribution in [0.15, 0.2) is 42.6 Å². The maximum Gasteiger partial charge on any atom is 0.230 e. The Morgan fingerprint density at radius 1 is 1.29 bits per heavy atom. The van der Waals surface area contributed by atoms with Crippen molar-refractivity contribution in [3.8, 4) is 23.4 Å². The number of halogens is 1. The average molecular weight is 393 g/mol. The van der Waals surface area contributed by atoms with Crippen molar-refractivity contribution in [3.05, 3.63) is 64.3 Å². The lowest BCUT2D eigenvalue weighted by atomic mass is 10.1. The van der Waals surface area contributed by atoms with Crippen LogP contribution in [-0.4, -0.2) is 22.4 Å². The van der Waals surface area contributed by atoms with Crippen molar-refractivity contribution < 1.29 is 14.3 Å². The molecule has 0 atom stereocenters. The lowest BCUT2D eigenvalue weighted by Crippen LogP contribution is -2.00. The number of rotatable bonds is 4. The van der Waals surface area contributed by atoms with Gasteiger partial charge in [0.1, 0.15) is 5.75 Å². The number of hydrogen-bond acceptors (Lipinski definition) is 7. The highest BCUT2D eigenvalue weighted by atomic mass is 35.5. The number of Topliss-reactive ketones (excluding diaryl/α,β-unsaturated/α-hetero) is 1. The number of nitrogens with zero attached hydrogens (tertiary/aromatic N) is 3. The number of hydrogen-bond donors (Lipinski definition) is 1. The molecule has 0 unspecified atom stereocenters. The summed E-state index contributed by atoms with van der Waals surface area (Å²) < 4.78 is 11.3. The van der Waals surface area contributed by atoms with Gasteiger partial charge < -0.3 is 14.8 Å². The molecule has 0 fully saturated rings. The number of benzene rings is 2. The number of nitriles is 1. The number of carbonyl (C=O) groups is 1.